The summed E-state index contributed by atoms with van der Waals surface area (Å²) in [5.41, 5.74) is 0.864. The molecule has 1 rings (SSSR count). The van der Waals surface area contributed by atoms with Crippen molar-refractivity contribution >= 4 is 19.3 Å². The van der Waals surface area contributed by atoms with E-state index in [1.807, 2.05) is 0 Å². The van der Waals surface area contributed by atoms with Crippen LogP contribution in [0.3, 0.4) is 0 Å². The van der Waals surface area contributed by atoms with E-state index in [2.05, 4.69) is 0 Å². The zero-order valence-electron chi connectivity index (χ0n) is 12.3. The number of esters is 1. The summed E-state index contributed by atoms with van der Waals surface area (Å²) < 4.78 is 26.5. The SMILES string of the molecule is CCOP(C)(=O)OCCOC(=O)c1ccc(C(C)=O)cc1. The van der Waals surface area contributed by atoms with Crippen LogP contribution < -0.4 is 0 Å². The lowest BCUT2D eigenvalue weighted by molar-refractivity contribution is 0.0437. The lowest BCUT2D eigenvalue weighted by atomic mass is 10.1. The highest BCUT2D eigenvalue weighted by molar-refractivity contribution is 7.52. The molecule has 0 aliphatic rings. The van der Waals surface area contributed by atoms with Gasteiger partial charge in [0.15, 0.2) is 5.78 Å². The molecule has 0 bridgehead atoms. The molecule has 1 unspecified atom stereocenters. The van der Waals surface area contributed by atoms with Gasteiger partial charge in [-0.25, -0.2) is 4.79 Å². The molecule has 0 aliphatic carbocycles. The second kappa shape index (κ2) is 8.08. The largest absolute Gasteiger partial charge is 0.460 e. The maximum Gasteiger partial charge on any atom is 0.338 e. The highest BCUT2D eigenvalue weighted by Gasteiger charge is 2.16. The van der Waals surface area contributed by atoms with E-state index in [0.29, 0.717) is 11.1 Å². The topological polar surface area (TPSA) is 78.9 Å². The lowest BCUT2D eigenvalue weighted by Crippen LogP contribution is -2.11. The number of carbonyl (C=O) groups excluding carboxylic acids is 2. The Morgan fingerprint density at radius 2 is 1.62 bits per heavy atom. The minimum atomic E-state index is -3.07. The molecule has 0 fully saturated rings. The first-order chi connectivity index (χ1) is 9.85. The summed E-state index contributed by atoms with van der Waals surface area (Å²) in [4.78, 5) is 22.8. The van der Waals surface area contributed by atoms with Gasteiger partial charge in [-0.2, -0.15) is 0 Å². The van der Waals surface area contributed by atoms with E-state index < -0.39 is 13.6 Å². The Bertz CT molecular complexity index is 537. The molecule has 0 aromatic heterocycles. The first-order valence-electron chi connectivity index (χ1n) is 6.50. The van der Waals surface area contributed by atoms with Gasteiger partial charge in [-0.05, 0) is 26.0 Å². The number of benzene rings is 1. The van der Waals surface area contributed by atoms with Gasteiger partial charge >= 0.3 is 13.6 Å². The van der Waals surface area contributed by atoms with E-state index in [1.54, 1.807) is 19.1 Å². The molecular weight excluding hydrogens is 295 g/mol. The average Bonchev–Trinajstić information content (AvgIpc) is 2.43. The van der Waals surface area contributed by atoms with Crippen molar-refractivity contribution in [1.29, 1.82) is 0 Å². The predicted molar refractivity (Wildman–Crippen MR) is 77.8 cm³/mol. The first-order valence-corrected chi connectivity index (χ1v) is 8.49. The Kier molecular flexibility index (Phi) is 6.75. The fourth-order valence-corrected chi connectivity index (χ4v) is 2.48. The van der Waals surface area contributed by atoms with E-state index in [-0.39, 0.29) is 25.6 Å². The molecule has 0 amide bonds. The quantitative estimate of drug-likeness (QED) is 0.318. The highest BCUT2D eigenvalue weighted by atomic mass is 31.2. The number of ether oxygens (including phenoxy) is 1. The van der Waals surface area contributed by atoms with Gasteiger partial charge in [-0.3, -0.25) is 9.36 Å². The number of hydrogen-bond acceptors (Lipinski definition) is 6. The number of rotatable bonds is 8. The van der Waals surface area contributed by atoms with Gasteiger partial charge in [0.2, 0.25) is 0 Å². The Morgan fingerprint density at radius 3 is 2.14 bits per heavy atom. The predicted octanol–water partition coefficient (Wildman–Crippen LogP) is 2.92. The van der Waals surface area contributed by atoms with E-state index in [1.165, 1.54) is 25.7 Å². The summed E-state index contributed by atoms with van der Waals surface area (Å²) in [6, 6.07) is 6.16. The standard InChI is InChI=1S/C14H19O6P/c1-4-19-21(3,17)20-10-9-18-14(16)13-7-5-12(6-8-13)11(2)15/h5-8H,4,9-10H2,1-3H3. The van der Waals surface area contributed by atoms with Crippen LogP contribution in [0, 0.1) is 0 Å². The Hall–Kier alpha value is -1.49. The molecule has 1 aromatic rings. The van der Waals surface area contributed by atoms with Crippen LogP contribution in [-0.2, 0) is 18.3 Å². The van der Waals surface area contributed by atoms with Crippen LogP contribution in [0.4, 0.5) is 0 Å². The van der Waals surface area contributed by atoms with Crippen LogP contribution in [0.2, 0.25) is 0 Å². The summed E-state index contributed by atoms with van der Waals surface area (Å²) in [5, 5.41) is 0. The molecule has 0 radical (unpaired) electrons. The lowest BCUT2D eigenvalue weighted by Gasteiger charge is -2.12. The summed E-state index contributed by atoms with van der Waals surface area (Å²) in [5.74, 6) is -0.603. The molecule has 0 saturated heterocycles. The second-order valence-corrected chi connectivity index (χ2v) is 6.35. The third-order valence-corrected chi connectivity index (χ3v) is 3.91. The maximum absolute atomic E-state index is 11.7. The van der Waals surface area contributed by atoms with Crippen molar-refractivity contribution < 1.29 is 27.9 Å². The molecule has 1 aromatic carbocycles. The van der Waals surface area contributed by atoms with Crippen molar-refractivity contribution in [3.05, 3.63) is 35.4 Å². The number of Topliss-reactive ketones (excluding diaryl/α,β-unsaturated/α-hetero) is 1. The van der Waals surface area contributed by atoms with Crippen molar-refractivity contribution in [2.45, 2.75) is 13.8 Å². The zero-order valence-corrected chi connectivity index (χ0v) is 13.2. The maximum atomic E-state index is 11.7. The van der Waals surface area contributed by atoms with E-state index >= 15 is 0 Å². The highest BCUT2D eigenvalue weighted by Crippen LogP contribution is 2.43. The van der Waals surface area contributed by atoms with Crippen molar-refractivity contribution in [3.8, 4) is 0 Å². The Morgan fingerprint density at radius 1 is 1.05 bits per heavy atom. The van der Waals surface area contributed by atoms with Crippen molar-refractivity contribution in [3.63, 3.8) is 0 Å². The monoisotopic (exact) mass is 314 g/mol. The molecule has 7 heteroatoms. The fraction of sp³-hybridized carbons (Fsp3) is 0.429. The second-order valence-electron chi connectivity index (χ2n) is 4.29. The van der Waals surface area contributed by atoms with Crippen molar-refractivity contribution in [1.82, 2.24) is 0 Å². The summed E-state index contributed by atoms with van der Waals surface area (Å²) in [6.45, 7) is 4.77. The van der Waals surface area contributed by atoms with Gasteiger partial charge < -0.3 is 13.8 Å². The fourth-order valence-electron chi connectivity index (χ4n) is 1.53. The van der Waals surface area contributed by atoms with Gasteiger partial charge in [-0.15, -0.1) is 0 Å². The molecular formula is C14H19O6P. The van der Waals surface area contributed by atoms with Gasteiger partial charge in [0.1, 0.15) is 6.61 Å². The average molecular weight is 314 g/mol. The molecule has 0 heterocycles. The minimum absolute atomic E-state index is 0.00888. The third-order valence-electron chi connectivity index (χ3n) is 2.53. The number of hydrogen-bond donors (Lipinski definition) is 0. The molecule has 116 valence electrons. The van der Waals surface area contributed by atoms with Crippen LogP contribution in [0.15, 0.2) is 24.3 Å². The van der Waals surface area contributed by atoms with Crippen LogP contribution in [0.1, 0.15) is 34.6 Å². The molecule has 21 heavy (non-hydrogen) atoms. The van der Waals surface area contributed by atoms with Gasteiger partial charge in [-0.1, -0.05) is 12.1 Å². The molecule has 6 nitrogen and oxygen atoms in total. The normalized spacial score (nSPS) is 13.5. The van der Waals surface area contributed by atoms with Gasteiger partial charge in [0.25, 0.3) is 0 Å². The molecule has 0 saturated carbocycles. The van der Waals surface area contributed by atoms with Crippen molar-refractivity contribution in [2.75, 3.05) is 26.5 Å². The number of ketones is 1. The van der Waals surface area contributed by atoms with E-state index in [9.17, 15) is 14.2 Å². The van der Waals surface area contributed by atoms with E-state index in [4.69, 9.17) is 13.8 Å². The third kappa shape index (κ3) is 6.21. The van der Waals surface area contributed by atoms with Crippen LogP contribution >= 0.6 is 7.60 Å². The minimum Gasteiger partial charge on any atom is -0.460 e. The number of carbonyl (C=O) groups is 2. The first kappa shape index (κ1) is 17.6. The Labute approximate surface area is 123 Å². The molecule has 0 spiro atoms. The Balaban J connectivity index is 2.40. The summed E-state index contributed by atoms with van der Waals surface area (Å²) in [6.07, 6.45) is 0. The molecule has 0 N–H and O–H groups in total. The van der Waals surface area contributed by atoms with Crippen LogP contribution in [0.5, 0.6) is 0 Å². The van der Waals surface area contributed by atoms with Crippen LogP contribution in [0.25, 0.3) is 0 Å². The summed E-state index contributed by atoms with van der Waals surface area (Å²) >= 11 is 0. The molecule has 0 aliphatic heterocycles. The van der Waals surface area contributed by atoms with Gasteiger partial charge in [0, 0.05) is 12.2 Å². The van der Waals surface area contributed by atoms with Crippen LogP contribution in [-0.4, -0.2) is 38.2 Å². The van der Waals surface area contributed by atoms with E-state index in [0.717, 1.165) is 0 Å². The smallest absolute Gasteiger partial charge is 0.338 e. The van der Waals surface area contributed by atoms with Gasteiger partial charge in [0.05, 0.1) is 18.8 Å². The zero-order chi connectivity index (χ0) is 15.9. The summed E-state index contributed by atoms with van der Waals surface area (Å²) in [7, 11) is -3.07. The molecule has 1 atom stereocenters. The van der Waals surface area contributed by atoms with Crippen molar-refractivity contribution in [2.24, 2.45) is 0 Å².